The third-order valence-electron chi connectivity index (χ3n) is 4.39. The second kappa shape index (κ2) is 8.52. The summed E-state index contributed by atoms with van der Waals surface area (Å²) in [6, 6.07) is 6.25. The zero-order chi connectivity index (χ0) is 17.7. The highest BCUT2D eigenvalue weighted by molar-refractivity contribution is 6.30. The molecule has 0 radical (unpaired) electrons. The largest absolute Gasteiger partial charge is 0.341 e. The van der Waals surface area contributed by atoms with Crippen molar-refractivity contribution in [3.05, 3.63) is 34.9 Å². The highest BCUT2D eigenvalue weighted by Gasteiger charge is 2.29. The molecule has 1 aromatic carbocycles. The number of carbonyl (C=O) groups is 2. The molecule has 4 nitrogen and oxygen atoms in total. The highest BCUT2D eigenvalue weighted by atomic mass is 35.5. The van der Waals surface area contributed by atoms with Crippen LogP contribution in [0.25, 0.3) is 0 Å². The second-order valence-electron chi connectivity index (χ2n) is 7.19. The van der Waals surface area contributed by atoms with Crippen molar-refractivity contribution in [3.8, 4) is 0 Å². The number of hydrogen-bond donors (Lipinski definition) is 1. The lowest BCUT2D eigenvalue weighted by atomic mass is 9.97. The fourth-order valence-electron chi connectivity index (χ4n) is 3.15. The van der Waals surface area contributed by atoms with Crippen LogP contribution in [0.15, 0.2) is 24.3 Å². The summed E-state index contributed by atoms with van der Waals surface area (Å²) in [5.41, 5.74) is 0.521. The molecule has 0 spiro atoms. The Balaban J connectivity index is 2.08. The zero-order valence-electron chi connectivity index (χ0n) is 14.7. The number of piperidine rings is 1. The fraction of sp³-hybridized carbons (Fsp3) is 0.579. The minimum Gasteiger partial charge on any atom is -0.341 e. The second-order valence-corrected chi connectivity index (χ2v) is 7.63. The van der Waals surface area contributed by atoms with E-state index in [-0.39, 0.29) is 11.8 Å². The van der Waals surface area contributed by atoms with E-state index in [1.807, 2.05) is 4.90 Å². The van der Waals surface area contributed by atoms with Crippen LogP contribution in [0.5, 0.6) is 0 Å². The molecule has 2 atom stereocenters. The van der Waals surface area contributed by atoms with E-state index >= 15 is 0 Å². The molecule has 5 heteroatoms. The van der Waals surface area contributed by atoms with Gasteiger partial charge in [0.2, 0.25) is 5.91 Å². The number of likely N-dealkylation sites (tertiary alicyclic amines) is 1. The van der Waals surface area contributed by atoms with Gasteiger partial charge in [0.15, 0.2) is 0 Å². The molecule has 0 aromatic heterocycles. The van der Waals surface area contributed by atoms with E-state index in [4.69, 9.17) is 11.6 Å². The average Bonchev–Trinajstić information content (AvgIpc) is 2.53. The number of benzene rings is 1. The van der Waals surface area contributed by atoms with E-state index < -0.39 is 6.04 Å². The summed E-state index contributed by atoms with van der Waals surface area (Å²) in [5, 5.41) is 3.51. The van der Waals surface area contributed by atoms with Crippen molar-refractivity contribution in [2.75, 3.05) is 13.1 Å². The number of hydrogen-bond acceptors (Lipinski definition) is 2. The molecule has 2 rings (SSSR count). The van der Waals surface area contributed by atoms with Crippen LogP contribution in [0, 0.1) is 11.8 Å². The molecule has 1 aromatic rings. The van der Waals surface area contributed by atoms with Gasteiger partial charge >= 0.3 is 0 Å². The lowest BCUT2D eigenvalue weighted by Crippen LogP contribution is -2.51. The SMILES string of the molecule is CC(C)CC(NC(=O)c1ccc(Cl)cc1)C(=O)N1CCCC(C)C1. The first-order chi connectivity index (χ1) is 11.4. The molecule has 0 bridgehead atoms. The maximum absolute atomic E-state index is 12.9. The third-order valence-corrected chi connectivity index (χ3v) is 4.64. The normalized spacial score (nSPS) is 19.2. The topological polar surface area (TPSA) is 49.4 Å². The van der Waals surface area contributed by atoms with Gasteiger partial charge in [0.25, 0.3) is 5.91 Å². The monoisotopic (exact) mass is 350 g/mol. The van der Waals surface area contributed by atoms with Gasteiger partial charge in [0, 0.05) is 23.7 Å². The number of carbonyl (C=O) groups excluding carboxylic acids is 2. The molecule has 132 valence electrons. The molecule has 24 heavy (non-hydrogen) atoms. The van der Waals surface area contributed by atoms with E-state index in [1.54, 1.807) is 24.3 Å². The van der Waals surface area contributed by atoms with Gasteiger partial charge < -0.3 is 10.2 Å². The van der Waals surface area contributed by atoms with Crippen LogP contribution in [0.3, 0.4) is 0 Å². The Labute approximate surface area is 149 Å². The van der Waals surface area contributed by atoms with Crippen LogP contribution < -0.4 is 5.32 Å². The van der Waals surface area contributed by atoms with Gasteiger partial charge in [-0.3, -0.25) is 9.59 Å². The first-order valence-corrected chi connectivity index (χ1v) is 9.10. The molecule has 1 aliphatic rings. The average molecular weight is 351 g/mol. The Morgan fingerprint density at radius 3 is 2.54 bits per heavy atom. The summed E-state index contributed by atoms with van der Waals surface area (Å²) in [6.45, 7) is 7.86. The standard InChI is InChI=1S/C19H27ClN2O2/c1-13(2)11-17(19(24)22-10-4-5-14(3)12-22)21-18(23)15-6-8-16(20)9-7-15/h6-9,13-14,17H,4-5,10-12H2,1-3H3,(H,21,23). The molecule has 0 aliphatic carbocycles. The number of nitrogens with zero attached hydrogens (tertiary/aromatic N) is 1. The van der Waals surface area contributed by atoms with Crippen molar-refractivity contribution in [3.63, 3.8) is 0 Å². The molecule has 0 saturated carbocycles. The van der Waals surface area contributed by atoms with Gasteiger partial charge in [-0.2, -0.15) is 0 Å². The Bertz CT molecular complexity index is 571. The highest BCUT2D eigenvalue weighted by Crippen LogP contribution is 2.18. The summed E-state index contributed by atoms with van der Waals surface area (Å²) in [7, 11) is 0. The maximum Gasteiger partial charge on any atom is 0.251 e. The van der Waals surface area contributed by atoms with Crippen LogP contribution in [-0.2, 0) is 4.79 Å². The quantitative estimate of drug-likeness (QED) is 0.879. The van der Waals surface area contributed by atoms with E-state index in [0.29, 0.717) is 28.8 Å². The fourth-order valence-corrected chi connectivity index (χ4v) is 3.27. The lowest BCUT2D eigenvalue weighted by Gasteiger charge is -2.34. The van der Waals surface area contributed by atoms with Crippen LogP contribution in [0.4, 0.5) is 0 Å². The Morgan fingerprint density at radius 2 is 1.96 bits per heavy atom. The Kier molecular flexibility index (Phi) is 6.67. The van der Waals surface area contributed by atoms with E-state index in [1.165, 1.54) is 0 Å². The zero-order valence-corrected chi connectivity index (χ0v) is 15.5. The van der Waals surface area contributed by atoms with Gasteiger partial charge in [-0.15, -0.1) is 0 Å². The summed E-state index contributed by atoms with van der Waals surface area (Å²) < 4.78 is 0. The molecule has 1 saturated heterocycles. The smallest absolute Gasteiger partial charge is 0.251 e. The predicted molar refractivity (Wildman–Crippen MR) is 97.1 cm³/mol. The van der Waals surface area contributed by atoms with Crippen LogP contribution in [-0.4, -0.2) is 35.8 Å². The molecule has 2 unspecified atom stereocenters. The first-order valence-electron chi connectivity index (χ1n) is 8.72. The Morgan fingerprint density at radius 1 is 1.29 bits per heavy atom. The summed E-state index contributed by atoms with van der Waals surface area (Å²) in [4.78, 5) is 27.3. The molecule has 2 amide bonds. The predicted octanol–water partition coefficient (Wildman–Crippen LogP) is 3.74. The van der Waals surface area contributed by atoms with Crippen molar-refractivity contribution in [2.45, 2.75) is 46.1 Å². The molecular formula is C19H27ClN2O2. The van der Waals surface area contributed by atoms with Crippen LogP contribution in [0.1, 0.15) is 50.4 Å². The van der Waals surface area contributed by atoms with Crippen LogP contribution >= 0.6 is 11.6 Å². The molecule has 1 aliphatic heterocycles. The van der Waals surface area contributed by atoms with Crippen molar-refractivity contribution in [1.29, 1.82) is 0 Å². The molecular weight excluding hydrogens is 324 g/mol. The van der Waals surface area contributed by atoms with Gasteiger partial charge in [-0.25, -0.2) is 0 Å². The van der Waals surface area contributed by atoms with Crippen molar-refractivity contribution < 1.29 is 9.59 Å². The van der Waals surface area contributed by atoms with E-state index in [2.05, 4.69) is 26.1 Å². The van der Waals surface area contributed by atoms with E-state index in [9.17, 15) is 9.59 Å². The summed E-state index contributed by atoms with van der Waals surface area (Å²) in [5.74, 6) is 0.661. The number of halogens is 1. The number of nitrogens with one attached hydrogen (secondary N) is 1. The van der Waals surface area contributed by atoms with Gasteiger partial charge in [0.1, 0.15) is 6.04 Å². The van der Waals surface area contributed by atoms with Crippen molar-refractivity contribution >= 4 is 23.4 Å². The van der Waals surface area contributed by atoms with Crippen LogP contribution in [0.2, 0.25) is 5.02 Å². The summed E-state index contributed by atoms with van der Waals surface area (Å²) in [6.07, 6.45) is 2.84. The lowest BCUT2D eigenvalue weighted by molar-refractivity contribution is -0.135. The molecule has 1 heterocycles. The third kappa shape index (κ3) is 5.23. The summed E-state index contributed by atoms with van der Waals surface area (Å²) >= 11 is 5.86. The van der Waals surface area contributed by atoms with E-state index in [0.717, 1.165) is 25.9 Å². The first kappa shape index (κ1) is 18.8. The molecule has 1 N–H and O–H groups in total. The maximum atomic E-state index is 12.9. The minimum absolute atomic E-state index is 0.0394. The van der Waals surface area contributed by atoms with Gasteiger partial charge in [-0.05, 0) is 55.4 Å². The van der Waals surface area contributed by atoms with Gasteiger partial charge in [0.05, 0.1) is 0 Å². The Hall–Kier alpha value is -1.55. The van der Waals surface area contributed by atoms with Crippen molar-refractivity contribution in [1.82, 2.24) is 10.2 Å². The van der Waals surface area contributed by atoms with Gasteiger partial charge in [-0.1, -0.05) is 32.4 Å². The molecule has 1 fully saturated rings. The number of rotatable bonds is 5. The number of amides is 2. The minimum atomic E-state index is -0.474. The van der Waals surface area contributed by atoms with Crippen molar-refractivity contribution in [2.24, 2.45) is 11.8 Å².